The van der Waals surface area contributed by atoms with Crippen molar-refractivity contribution in [3.63, 3.8) is 0 Å². The van der Waals surface area contributed by atoms with Crippen LogP contribution in [0.5, 0.6) is 0 Å². The van der Waals surface area contributed by atoms with E-state index in [9.17, 15) is 18.0 Å². The van der Waals surface area contributed by atoms with Crippen LogP contribution in [0.2, 0.25) is 0 Å². The van der Waals surface area contributed by atoms with Gasteiger partial charge < -0.3 is 10.6 Å². The summed E-state index contributed by atoms with van der Waals surface area (Å²) in [4.78, 5) is 11.6. The predicted octanol–water partition coefficient (Wildman–Crippen LogP) is 1.51. The zero-order chi connectivity index (χ0) is 13.8. The summed E-state index contributed by atoms with van der Waals surface area (Å²) in [7, 11) is 0. The predicted molar refractivity (Wildman–Crippen MR) is 64.1 cm³/mol. The van der Waals surface area contributed by atoms with E-state index in [2.05, 4.69) is 10.6 Å². The molecule has 0 aromatic heterocycles. The van der Waals surface area contributed by atoms with Crippen LogP contribution in [0.1, 0.15) is 18.4 Å². The fraction of sp³-hybridized carbons (Fsp3) is 0.462. The van der Waals surface area contributed by atoms with E-state index in [-0.39, 0.29) is 30.5 Å². The highest BCUT2D eigenvalue weighted by molar-refractivity contribution is 5.81. The molecule has 0 radical (unpaired) electrons. The molecule has 1 fully saturated rings. The van der Waals surface area contributed by atoms with Gasteiger partial charge in [0.05, 0.1) is 6.04 Å². The van der Waals surface area contributed by atoms with Crippen molar-refractivity contribution in [2.75, 3.05) is 13.1 Å². The molecule has 1 amide bonds. The molecule has 3 nitrogen and oxygen atoms in total. The second-order valence-corrected chi connectivity index (χ2v) is 4.52. The number of halogens is 3. The molecule has 1 aromatic carbocycles. The van der Waals surface area contributed by atoms with E-state index in [0.717, 1.165) is 25.5 Å². The number of hydrogen-bond acceptors (Lipinski definition) is 2. The van der Waals surface area contributed by atoms with Crippen LogP contribution in [0.15, 0.2) is 12.1 Å². The first kappa shape index (κ1) is 13.9. The summed E-state index contributed by atoms with van der Waals surface area (Å²) >= 11 is 0. The van der Waals surface area contributed by atoms with E-state index in [1.165, 1.54) is 6.07 Å². The van der Waals surface area contributed by atoms with Crippen LogP contribution in [0.3, 0.4) is 0 Å². The van der Waals surface area contributed by atoms with Crippen molar-refractivity contribution in [1.82, 2.24) is 10.6 Å². The van der Waals surface area contributed by atoms with Crippen molar-refractivity contribution in [3.05, 3.63) is 35.1 Å². The number of carbonyl (C=O) groups excluding carboxylic acids is 1. The maximum Gasteiger partial charge on any atom is 0.237 e. The second kappa shape index (κ2) is 6.06. The second-order valence-electron chi connectivity index (χ2n) is 4.52. The van der Waals surface area contributed by atoms with Gasteiger partial charge in [0, 0.05) is 6.54 Å². The smallest absolute Gasteiger partial charge is 0.237 e. The van der Waals surface area contributed by atoms with Gasteiger partial charge in [0.2, 0.25) is 5.91 Å². The van der Waals surface area contributed by atoms with Crippen LogP contribution in [-0.4, -0.2) is 25.0 Å². The van der Waals surface area contributed by atoms with Crippen LogP contribution in [0.4, 0.5) is 13.2 Å². The summed E-state index contributed by atoms with van der Waals surface area (Å²) in [6, 6.07) is 1.87. The average Bonchev–Trinajstić information content (AvgIpc) is 2.92. The topological polar surface area (TPSA) is 41.1 Å². The van der Waals surface area contributed by atoms with Crippen LogP contribution >= 0.6 is 0 Å². The van der Waals surface area contributed by atoms with Gasteiger partial charge in [-0.3, -0.25) is 4.79 Å². The minimum Gasteiger partial charge on any atom is -0.354 e. The van der Waals surface area contributed by atoms with Crippen molar-refractivity contribution < 1.29 is 18.0 Å². The van der Waals surface area contributed by atoms with Crippen molar-refractivity contribution in [3.8, 4) is 0 Å². The van der Waals surface area contributed by atoms with Gasteiger partial charge in [0.1, 0.15) is 0 Å². The minimum atomic E-state index is -1.47. The minimum absolute atomic E-state index is 0.0542. The highest BCUT2D eigenvalue weighted by Crippen LogP contribution is 2.15. The Bertz CT molecular complexity index is 473. The molecule has 6 heteroatoms. The summed E-state index contributed by atoms with van der Waals surface area (Å²) in [5, 5.41) is 5.69. The molecule has 1 atom stereocenters. The van der Waals surface area contributed by atoms with Gasteiger partial charge in [-0.15, -0.1) is 0 Å². The number of benzene rings is 1. The number of rotatable bonds is 4. The van der Waals surface area contributed by atoms with Gasteiger partial charge in [0.15, 0.2) is 17.5 Å². The lowest BCUT2D eigenvalue weighted by molar-refractivity contribution is -0.122. The van der Waals surface area contributed by atoms with Crippen molar-refractivity contribution in [1.29, 1.82) is 0 Å². The fourth-order valence-corrected chi connectivity index (χ4v) is 2.11. The molecule has 0 bridgehead atoms. The molecular weight excluding hydrogens is 257 g/mol. The van der Waals surface area contributed by atoms with Crippen LogP contribution in [0.25, 0.3) is 0 Å². The average molecular weight is 272 g/mol. The number of carbonyl (C=O) groups is 1. The van der Waals surface area contributed by atoms with Gasteiger partial charge in [-0.1, -0.05) is 6.07 Å². The molecular formula is C13H15F3N2O. The summed E-state index contributed by atoms with van der Waals surface area (Å²) in [5.74, 6) is -4.00. The Balaban J connectivity index is 1.85. The molecule has 1 aliphatic rings. The van der Waals surface area contributed by atoms with Gasteiger partial charge >= 0.3 is 0 Å². The van der Waals surface area contributed by atoms with Gasteiger partial charge in [0.25, 0.3) is 0 Å². The number of amides is 1. The fourth-order valence-electron chi connectivity index (χ4n) is 2.11. The van der Waals surface area contributed by atoms with E-state index in [1.807, 2.05) is 0 Å². The quantitative estimate of drug-likeness (QED) is 0.816. The Hall–Kier alpha value is -1.56. The molecule has 1 heterocycles. The SMILES string of the molecule is O=C(NCCc1ccc(F)c(F)c1F)C1CCCN1. The Morgan fingerprint density at radius 1 is 1.32 bits per heavy atom. The molecule has 0 saturated carbocycles. The number of hydrogen-bond donors (Lipinski definition) is 2. The standard InChI is InChI=1S/C13H15F3N2O/c14-9-4-3-8(11(15)12(9)16)5-7-18-13(19)10-2-1-6-17-10/h3-4,10,17H,1-2,5-7H2,(H,18,19). The maximum absolute atomic E-state index is 13.3. The lowest BCUT2D eigenvalue weighted by Gasteiger charge is -2.11. The van der Waals surface area contributed by atoms with Crippen molar-refractivity contribution in [2.45, 2.75) is 25.3 Å². The van der Waals surface area contributed by atoms with Crippen LogP contribution in [0, 0.1) is 17.5 Å². The molecule has 104 valence electrons. The summed E-state index contributed by atoms with van der Waals surface area (Å²) in [5.41, 5.74) is 0.0542. The maximum atomic E-state index is 13.3. The third-order valence-corrected chi connectivity index (χ3v) is 3.19. The first-order valence-corrected chi connectivity index (χ1v) is 6.23. The molecule has 1 unspecified atom stereocenters. The normalized spacial score (nSPS) is 18.6. The molecule has 0 aliphatic carbocycles. The molecule has 2 N–H and O–H groups in total. The Morgan fingerprint density at radius 2 is 2.11 bits per heavy atom. The van der Waals surface area contributed by atoms with E-state index >= 15 is 0 Å². The molecule has 1 saturated heterocycles. The monoisotopic (exact) mass is 272 g/mol. The Labute approximate surface area is 109 Å². The summed E-state index contributed by atoms with van der Waals surface area (Å²) < 4.78 is 39.0. The third kappa shape index (κ3) is 3.26. The van der Waals surface area contributed by atoms with Crippen LogP contribution < -0.4 is 10.6 Å². The van der Waals surface area contributed by atoms with E-state index in [1.54, 1.807) is 0 Å². The van der Waals surface area contributed by atoms with E-state index < -0.39 is 17.5 Å². The number of nitrogens with one attached hydrogen (secondary N) is 2. The Morgan fingerprint density at radius 3 is 2.79 bits per heavy atom. The van der Waals surface area contributed by atoms with Crippen LogP contribution in [-0.2, 0) is 11.2 Å². The van der Waals surface area contributed by atoms with E-state index in [0.29, 0.717) is 0 Å². The molecule has 19 heavy (non-hydrogen) atoms. The van der Waals surface area contributed by atoms with Gasteiger partial charge in [-0.2, -0.15) is 0 Å². The van der Waals surface area contributed by atoms with Crippen molar-refractivity contribution in [2.24, 2.45) is 0 Å². The third-order valence-electron chi connectivity index (χ3n) is 3.19. The first-order chi connectivity index (χ1) is 9.09. The lowest BCUT2D eigenvalue weighted by atomic mass is 10.1. The highest BCUT2D eigenvalue weighted by Gasteiger charge is 2.21. The summed E-state index contributed by atoms with van der Waals surface area (Å²) in [6.45, 7) is 1.01. The zero-order valence-corrected chi connectivity index (χ0v) is 10.3. The van der Waals surface area contributed by atoms with Crippen molar-refractivity contribution >= 4 is 5.91 Å². The molecule has 2 rings (SSSR count). The lowest BCUT2D eigenvalue weighted by Crippen LogP contribution is -2.41. The van der Waals surface area contributed by atoms with E-state index in [4.69, 9.17) is 0 Å². The first-order valence-electron chi connectivity index (χ1n) is 6.23. The largest absolute Gasteiger partial charge is 0.354 e. The van der Waals surface area contributed by atoms with Gasteiger partial charge in [-0.25, -0.2) is 13.2 Å². The molecule has 0 spiro atoms. The molecule has 1 aromatic rings. The zero-order valence-electron chi connectivity index (χ0n) is 10.3. The Kier molecular flexibility index (Phi) is 4.42. The summed E-state index contributed by atoms with van der Waals surface area (Å²) in [6.07, 6.45) is 1.86. The highest BCUT2D eigenvalue weighted by atomic mass is 19.2. The molecule has 1 aliphatic heterocycles. The van der Waals surface area contributed by atoms with Gasteiger partial charge in [-0.05, 0) is 37.4 Å².